The molecular weight excluding hydrogens is 455 g/mol. The first kappa shape index (κ1) is 22.4. The molecule has 1 amide bonds. The van der Waals surface area contributed by atoms with E-state index in [0.29, 0.717) is 24.3 Å². The summed E-state index contributed by atoms with van der Waals surface area (Å²) in [5.74, 6) is -0.476. The molecule has 9 heteroatoms. The molecule has 1 fully saturated rings. The van der Waals surface area contributed by atoms with Gasteiger partial charge < -0.3 is 5.32 Å². The largest absolute Gasteiger partial charge is 0.321 e. The number of anilines is 1. The number of amides is 1. The second-order valence-corrected chi connectivity index (χ2v) is 10.2. The Morgan fingerprint density at radius 3 is 2.21 bits per heavy atom. The average molecular weight is 476 g/mol. The van der Waals surface area contributed by atoms with Crippen LogP contribution in [0.15, 0.2) is 35.2 Å². The van der Waals surface area contributed by atoms with Crippen molar-refractivity contribution >= 4 is 56.4 Å². The molecule has 1 N–H and O–H groups in total. The molecule has 0 radical (unpaired) electrons. The Kier molecular flexibility index (Phi) is 7.12. The van der Waals surface area contributed by atoms with Crippen molar-refractivity contribution in [3.63, 3.8) is 0 Å². The number of nitrogens with zero attached hydrogens (tertiary/aromatic N) is 1. The van der Waals surface area contributed by atoms with Crippen LogP contribution in [0.25, 0.3) is 0 Å². The standard InChI is InChI=1S/C20H21Cl3N2O3S/c1-13-6-7-14(29(27,28)25-8-4-2-3-5-9-25)10-15(13)20(26)24-19-12-17(22)16(21)11-18(19)23/h6-7,10-12H,2-5,8-9H2,1H3,(H,24,26). The Labute approximate surface area is 186 Å². The molecular formula is C20H21Cl3N2O3S. The van der Waals surface area contributed by atoms with E-state index in [-0.39, 0.29) is 25.5 Å². The first-order valence-electron chi connectivity index (χ1n) is 9.27. The van der Waals surface area contributed by atoms with Gasteiger partial charge >= 0.3 is 0 Å². The van der Waals surface area contributed by atoms with Crippen LogP contribution in [0.1, 0.15) is 41.6 Å². The predicted molar refractivity (Wildman–Crippen MR) is 118 cm³/mol. The summed E-state index contributed by atoms with van der Waals surface area (Å²) in [6, 6.07) is 7.48. The Bertz CT molecular complexity index is 1030. The van der Waals surface area contributed by atoms with Gasteiger partial charge in [-0.2, -0.15) is 4.31 Å². The van der Waals surface area contributed by atoms with Crippen molar-refractivity contribution in [2.75, 3.05) is 18.4 Å². The number of hydrogen-bond acceptors (Lipinski definition) is 3. The average Bonchev–Trinajstić information content (AvgIpc) is 2.96. The molecule has 0 spiro atoms. The summed E-state index contributed by atoms with van der Waals surface area (Å²) < 4.78 is 27.6. The van der Waals surface area contributed by atoms with Gasteiger partial charge in [-0.3, -0.25) is 4.79 Å². The number of hydrogen-bond donors (Lipinski definition) is 1. The number of benzene rings is 2. The molecule has 0 saturated carbocycles. The highest BCUT2D eigenvalue weighted by atomic mass is 35.5. The summed E-state index contributed by atoms with van der Waals surface area (Å²) in [5, 5.41) is 3.44. The first-order chi connectivity index (χ1) is 13.7. The van der Waals surface area contributed by atoms with Crippen LogP contribution in [0.3, 0.4) is 0 Å². The van der Waals surface area contributed by atoms with Gasteiger partial charge in [0.25, 0.3) is 5.91 Å². The minimum Gasteiger partial charge on any atom is -0.321 e. The lowest BCUT2D eigenvalue weighted by atomic mass is 10.1. The Balaban J connectivity index is 1.90. The number of sulfonamides is 1. The molecule has 2 aromatic rings. The van der Waals surface area contributed by atoms with E-state index in [1.807, 2.05) is 0 Å². The topological polar surface area (TPSA) is 66.5 Å². The maximum Gasteiger partial charge on any atom is 0.256 e. The highest BCUT2D eigenvalue weighted by Crippen LogP contribution is 2.33. The van der Waals surface area contributed by atoms with Gasteiger partial charge in [0.05, 0.1) is 25.7 Å². The fourth-order valence-corrected chi connectivity index (χ4v) is 5.38. The minimum atomic E-state index is -3.66. The van der Waals surface area contributed by atoms with Crippen molar-refractivity contribution in [3.05, 3.63) is 56.5 Å². The number of halogens is 3. The van der Waals surface area contributed by atoms with Crippen LogP contribution in [0.4, 0.5) is 5.69 Å². The van der Waals surface area contributed by atoms with Crippen LogP contribution in [0, 0.1) is 6.92 Å². The molecule has 1 aliphatic heterocycles. The Morgan fingerprint density at radius 1 is 0.931 bits per heavy atom. The van der Waals surface area contributed by atoms with Crippen molar-refractivity contribution in [3.8, 4) is 0 Å². The molecule has 0 unspecified atom stereocenters. The van der Waals surface area contributed by atoms with Crippen LogP contribution in [-0.4, -0.2) is 31.7 Å². The van der Waals surface area contributed by atoms with Gasteiger partial charge in [-0.25, -0.2) is 8.42 Å². The van der Waals surface area contributed by atoms with Gasteiger partial charge in [-0.05, 0) is 49.6 Å². The molecule has 1 saturated heterocycles. The first-order valence-corrected chi connectivity index (χ1v) is 11.8. The molecule has 2 aromatic carbocycles. The molecule has 3 rings (SSSR count). The van der Waals surface area contributed by atoms with E-state index >= 15 is 0 Å². The van der Waals surface area contributed by atoms with E-state index in [1.165, 1.54) is 22.5 Å². The maximum absolute atomic E-state index is 13.1. The highest BCUT2D eigenvalue weighted by molar-refractivity contribution is 7.89. The zero-order valence-electron chi connectivity index (χ0n) is 15.8. The number of carbonyl (C=O) groups is 1. The van der Waals surface area contributed by atoms with Gasteiger partial charge in [-0.1, -0.05) is 53.7 Å². The van der Waals surface area contributed by atoms with Gasteiger partial charge in [0.1, 0.15) is 0 Å². The summed E-state index contributed by atoms with van der Waals surface area (Å²) >= 11 is 18.1. The van der Waals surface area contributed by atoms with E-state index in [2.05, 4.69) is 5.32 Å². The zero-order chi connectivity index (χ0) is 21.2. The van der Waals surface area contributed by atoms with E-state index in [9.17, 15) is 13.2 Å². The summed E-state index contributed by atoms with van der Waals surface area (Å²) in [6.45, 7) is 2.74. The molecule has 1 heterocycles. The van der Waals surface area contributed by atoms with Crippen molar-refractivity contribution in [1.82, 2.24) is 4.31 Å². The predicted octanol–water partition coefficient (Wildman–Crippen LogP) is 5.77. The molecule has 5 nitrogen and oxygen atoms in total. The zero-order valence-corrected chi connectivity index (χ0v) is 18.9. The van der Waals surface area contributed by atoms with E-state index < -0.39 is 15.9 Å². The van der Waals surface area contributed by atoms with E-state index in [1.54, 1.807) is 19.1 Å². The molecule has 0 aromatic heterocycles. The van der Waals surface area contributed by atoms with Crippen molar-refractivity contribution < 1.29 is 13.2 Å². The number of carbonyl (C=O) groups excluding carboxylic acids is 1. The summed E-state index contributed by atoms with van der Waals surface area (Å²) in [6.07, 6.45) is 3.73. The molecule has 0 bridgehead atoms. The third-order valence-corrected chi connectivity index (χ3v) is 7.84. The lowest BCUT2D eigenvalue weighted by Gasteiger charge is -2.20. The van der Waals surface area contributed by atoms with Crippen LogP contribution >= 0.6 is 34.8 Å². The molecule has 156 valence electrons. The Hall–Kier alpha value is -1.31. The van der Waals surface area contributed by atoms with Crippen molar-refractivity contribution in [2.24, 2.45) is 0 Å². The maximum atomic E-state index is 13.1. The molecule has 29 heavy (non-hydrogen) atoms. The highest BCUT2D eigenvalue weighted by Gasteiger charge is 2.26. The fraction of sp³-hybridized carbons (Fsp3) is 0.350. The summed E-state index contributed by atoms with van der Waals surface area (Å²) in [7, 11) is -3.66. The SMILES string of the molecule is Cc1ccc(S(=O)(=O)N2CCCCCC2)cc1C(=O)Nc1cc(Cl)c(Cl)cc1Cl. The third kappa shape index (κ3) is 5.06. The third-order valence-electron chi connectivity index (χ3n) is 4.91. The quantitative estimate of drug-likeness (QED) is 0.571. The number of rotatable bonds is 4. The van der Waals surface area contributed by atoms with Crippen LogP contribution < -0.4 is 5.32 Å². The van der Waals surface area contributed by atoms with E-state index in [4.69, 9.17) is 34.8 Å². The monoisotopic (exact) mass is 474 g/mol. The fourth-order valence-electron chi connectivity index (χ4n) is 3.25. The van der Waals surface area contributed by atoms with Crippen LogP contribution in [0.5, 0.6) is 0 Å². The van der Waals surface area contributed by atoms with Gasteiger partial charge in [0.2, 0.25) is 10.0 Å². The number of nitrogens with one attached hydrogen (secondary N) is 1. The van der Waals surface area contributed by atoms with Gasteiger partial charge in [-0.15, -0.1) is 0 Å². The second-order valence-electron chi connectivity index (χ2n) is 7.00. The normalized spacial score (nSPS) is 15.7. The number of aryl methyl sites for hydroxylation is 1. The van der Waals surface area contributed by atoms with Gasteiger partial charge in [0, 0.05) is 18.7 Å². The Morgan fingerprint density at radius 2 is 1.55 bits per heavy atom. The van der Waals surface area contributed by atoms with Crippen molar-refractivity contribution in [2.45, 2.75) is 37.5 Å². The van der Waals surface area contributed by atoms with E-state index in [0.717, 1.165) is 25.7 Å². The summed E-state index contributed by atoms with van der Waals surface area (Å²) in [4.78, 5) is 12.9. The smallest absolute Gasteiger partial charge is 0.256 e. The lowest BCUT2D eigenvalue weighted by Crippen LogP contribution is -2.32. The van der Waals surface area contributed by atoms with Crippen molar-refractivity contribution in [1.29, 1.82) is 0 Å². The lowest BCUT2D eigenvalue weighted by molar-refractivity contribution is 0.102. The molecule has 0 atom stereocenters. The summed E-state index contributed by atoms with van der Waals surface area (Å²) in [5.41, 5.74) is 1.20. The van der Waals surface area contributed by atoms with Gasteiger partial charge in [0.15, 0.2) is 0 Å². The molecule has 0 aliphatic carbocycles. The van der Waals surface area contributed by atoms with Crippen LogP contribution in [0.2, 0.25) is 15.1 Å². The second kappa shape index (κ2) is 9.23. The minimum absolute atomic E-state index is 0.107. The molecule has 1 aliphatic rings. The van der Waals surface area contributed by atoms with Crippen LogP contribution in [-0.2, 0) is 10.0 Å².